The maximum Gasteiger partial charge on any atom is 0.259 e. The van der Waals surface area contributed by atoms with E-state index in [9.17, 15) is 4.79 Å². The number of nitrogens with zero attached hydrogens (tertiary/aromatic N) is 5. The van der Waals surface area contributed by atoms with Crippen LogP contribution in [0.2, 0.25) is 0 Å². The number of aryl methyl sites for hydroxylation is 1. The highest BCUT2D eigenvalue weighted by Gasteiger charge is 2.28. The third-order valence-corrected chi connectivity index (χ3v) is 4.98. The van der Waals surface area contributed by atoms with Gasteiger partial charge in [-0.3, -0.25) is 4.79 Å². The van der Waals surface area contributed by atoms with Gasteiger partial charge in [-0.05, 0) is 6.92 Å². The van der Waals surface area contributed by atoms with Crippen LogP contribution in [-0.4, -0.2) is 43.8 Å². The summed E-state index contributed by atoms with van der Waals surface area (Å²) in [5.74, 6) is 2.73. The van der Waals surface area contributed by atoms with Crippen molar-refractivity contribution in [2.24, 2.45) is 0 Å². The highest BCUT2D eigenvalue weighted by Crippen LogP contribution is 2.27. The monoisotopic (exact) mass is 365 g/mol. The van der Waals surface area contributed by atoms with Crippen LogP contribution in [0.25, 0.3) is 11.3 Å². The first-order valence-corrected chi connectivity index (χ1v) is 9.29. The second-order valence-corrected chi connectivity index (χ2v) is 7.15. The summed E-state index contributed by atoms with van der Waals surface area (Å²) < 4.78 is 7.51. The molecule has 1 aliphatic rings. The average molecular weight is 365 g/mol. The van der Waals surface area contributed by atoms with E-state index >= 15 is 0 Å². The average Bonchev–Trinajstić information content (AvgIpc) is 3.19. The molecule has 3 aromatic rings. The third kappa shape index (κ3) is 3.13. The number of carbonyl (C=O) groups excluding carboxylic acids is 1. The largest absolute Gasteiger partial charge is 0.360 e. The molecule has 0 unspecified atom stereocenters. The minimum atomic E-state index is -0.0441. The maximum atomic E-state index is 13.3. The molecular formula is C20H23N5O2. The minimum absolute atomic E-state index is 0.0441. The SMILES string of the molecule is Cc1onc(-c2ccccc2)c1C(=O)N1CCc2nnc(C(C)C)n2CC1. The first kappa shape index (κ1) is 17.5. The summed E-state index contributed by atoms with van der Waals surface area (Å²) in [5, 5.41) is 12.8. The van der Waals surface area contributed by atoms with Crippen LogP contribution in [0.5, 0.6) is 0 Å². The Labute approximate surface area is 158 Å². The zero-order valence-electron chi connectivity index (χ0n) is 15.8. The molecule has 0 radical (unpaired) electrons. The van der Waals surface area contributed by atoms with Crippen LogP contribution in [-0.2, 0) is 13.0 Å². The summed E-state index contributed by atoms with van der Waals surface area (Å²) in [6.45, 7) is 7.93. The molecule has 7 nitrogen and oxygen atoms in total. The van der Waals surface area contributed by atoms with Crippen LogP contribution in [0.3, 0.4) is 0 Å². The lowest BCUT2D eigenvalue weighted by atomic mass is 10.1. The highest BCUT2D eigenvalue weighted by atomic mass is 16.5. The number of aromatic nitrogens is 4. The van der Waals surface area contributed by atoms with E-state index in [1.807, 2.05) is 35.2 Å². The summed E-state index contributed by atoms with van der Waals surface area (Å²) in [7, 11) is 0. The number of hydrogen-bond acceptors (Lipinski definition) is 5. The zero-order valence-corrected chi connectivity index (χ0v) is 15.8. The summed E-state index contributed by atoms with van der Waals surface area (Å²) >= 11 is 0. The fourth-order valence-corrected chi connectivity index (χ4v) is 3.55. The van der Waals surface area contributed by atoms with Crippen LogP contribution < -0.4 is 0 Å². The van der Waals surface area contributed by atoms with E-state index in [1.165, 1.54) is 0 Å². The van der Waals surface area contributed by atoms with E-state index in [0.717, 1.165) is 17.2 Å². The Hall–Kier alpha value is -2.96. The fraction of sp³-hybridized carbons (Fsp3) is 0.400. The number of hydrogen-bond donors (Lipinski definition) is 0. The van der Waals surface area contributed by atoms with Gasteiger partial charge in [-0.1, -0.05) is 49.3 Å². The van der Waals surface area contributed by atoms with Crippen molar-refractivity contribution in [2.75, 3.05) is 13.1 Å². The van der Waals surface area contributed by atoms with Crippen LogP contribution in [0.1, 0.15) is 47.5 Å². The lowest BCUT2D eigenvalue weighted by Gasteiger charge is -2.20. The van der Waals surface area contributed by atoms with Crippen molar-refractivity contribution < 1.29 is 9.32 Å². The number of benzene rings is 1. The Bertz CT molecular complexity index is 958. The molecule has 27 heavy (non-hydrogen) atoms. The van der Waals surface area contributed by atoms with E-state index in [4.69, 9.17) is 4.52 Å². The van der Waals surface area contributed by atoms with Gasteiger partial charge in [-0.25, -0.2) is 0 Å². The van der Waals surface area contributed by atoms with E-state index in [1.54, 1.807) is 6.92 Å². The molecule has 140 valence electrons. The number of carbonyl (C=O) groups is 1. The molecule has 3 heterocycles. The minimum Gasteiger partial charge on any atom is -0.360 e. The predicted octanol–water partition coefficient (Wildman–Crippen LogP) is 3.06. The van der Waals surface area contributed by atoms with Crippen molar-refractivity contribution in [1.29, 1.82) is 0 Å². The molecule has 1 aromatic carbocycles. The Morgan fingerprint density at radius 1 is 1.11 bits per heavy atom. The molecule has 7 heteroatoms. The normalized spacial score (nSPS) is 14.3. The van der Waals surface area contributed by atoms with Crippen LogP contribution in [0, 0.1) is 6.92 Å². The molecule has 0 bridgehead atoms. The second kappa shape index (κ2) is 6.98. The summed E-state index contributed by atoms with van der Waals surface area (Å²) in [6.07, 6.45) is 0.691. The van der Waals surface area contributed by atoms with Gasteiger partial charge in [0.2, 0.25) is 0 Å². The van der Waals surface area contributed by atoms with Gasteiger partial charge in [0, 0.05) is 37.5 Å². The van der Waals surface area contributed by atoms with E-state index in [2.05, 4.69) is 33.8 Å². The van der Waals surface area contributed by atoms with Crippen LogP contribution in [0.4, 0.5) is 0 Å². The Balaban J connectivity index is 1.61. The standard InChI is InChI=1S/C20H23N5O2/c1-13(2)19-22-21-16-9-10-24(11-12-25(16)19)20(26)17-14(3)27-23-18(17)15-7-5-4-6-8-15/h4-8,13H,9-12H2,1-3H3. The predicted molar refractivity (Wildman–Crippen MR) is 100 cm³/mol. The van der Waals surface area contributed by atoms with Gasteiger partial charge in [0.1, 0.15) is 28.7 Å². The number of fused-ring (bicyclic) bond motifs is 1. The van der Waals surface area contributed by atoms with Crippen LogP contribution >= 0.6 is 0 Å². The van der Waals surface area contributed by atoms with Crippen molar-refractivity contribution in [3.05, 3.63) is 53.3 Å². The highest BCUT2D eigenvalue weighted by molar-refractivity contribution is 6.00. The lowest BCUT2D eigenvalue weighted by molar-refractivity contribution is 0.0757. The van der Waals surface area contributed by atoms with E-state index in [0.29, 0.717) is 49.0 Å². The smallest absolute Gasteiger partial charge is 0.259 e. The summed E-state index contributed by atoms with van der Waals surface area (Å²) in [5.41, 5.74) is 2.03. The molecule has 0 aliphatic carbocycles. The molecule has 1 aliphatic heterocycles. The van der Waals surface area contributed by atoms with Crippen molar-refractivity contribution in [2.45, 2.75) is 39.7 Å². The third-order valence-electron chi connectivity index (χ3n) is 4.98. The second-order valence-electron chi connectivity index (χ2n) is 7.15. The van der Waals surface area contributed by atoms with Gasteiger partial charge in [0.15, 0.2) is 0 Å². The molecule has 1 amide bonds. The Morgan fingerprint density at radius 3 is 2.63 bits per heavy atom. The summed E-state index contributed by atoms with van der Waals surface area (Å²) in [4.78, 5) is 15.2. The van der Waals surface area contributed by atoms with Crippen LogP contribution in [0.15, 0.2) is 34.9 Å². The van der Waals surface area contributed by atoms with Gasteiger partial charge in [-0.2, -0.15) is 0 Å². The Kier molecular flexibility index (Phi) is 4.51. The van der Waals surface area contributed by atoms with Crippen molar-refractivity contribution in [3.8, 4) is 11.3 Å². The molecule has 0 N–H and O–H groups in total. The molecule has 0 atom stereocenters. The topological polar surface area (TPSA) is 77.1 Å². The van der Waals surface area contributed by atoms with Crippen molar-refractivity contribution in [3.63, 3.8) is 0 Å². The molecule has 0 fully saturated rings. The quantitative estimate of drug-likeness (QED) is 0.713. The van der Waals surface area contributed by atoms with Crippen molar-refractivity contribution in [1.82, 2.24) is 24.8 Å². The van der Waals surface area contributed by atoms with Gasteiger partial charge >= 0.3 is 0 Å². The molecule has 2 aromatic heterocycles. The Morgan fingerprint density at radius 2 is 1.89 bits per heavy atom. The number of amides is 1. The lowest BCUT2D eigenvalue weighted by Crippen LogP contribution is -2.34. The van der Waals surface area contributed by atoms with Gasteiger partial charge < -0.3 is 14.0 Å². The molecule has 0 saturated heterocycles. The first-order valence-electron chi connectivity index (χ1n) is 9.29. The fourth-order valence-electron chi connectivity index (χ4n) is 3.55. The van der Waals surface area contributed by atoms with Gasteiger partial charge in [0.05, 0.1) is 0 Å². The van der Waals surface area contributed by atoms with E-state index < -0.39 is 0 Å². The van der Waals surface area contributed by atoms with Gasteiger partial charge in [-0.15, -0.1) is 10.2 Å². The zero-order chi connectivity index (χ0) is 19.0. The molecular weight excluding hydrogens is 342 g/mol. The van der Waals surface area contributed by atoms with E-state index in [-0.39, 0.29) is 5.91 Å². The number of rotatable bonds is 3. The van der Waals surface area contributed by atoms with Gasteiger partial charge in [0.25, 0.3) is 5.91 Å². The molecule has 4 rings (SSSR count). The molecule has 0 spiro atoms. The summed E-state index contributed by atoms with van der Waals surface area (Å²) in [6, 6.07) is 9.67. The first-order chi connectivity index (χ1) is 13.1. The maximum absolute atomic E-state index is 13.3. The van der Waals surface area contributed by atoms with Crippen molar-refractivity contribution >= 4 is 5.91 Å². The molecule has 0 saturated carbocycles.